The van der Waals surface area contributed by atoms with Gasteiger partial charge < -0.3 is 20.5 Å². The minimum absolute atomic E-state index is 0.330. The van der Waals surface area contributed by atoms with E-state index >= 15 is 0 Å². The number of fused-ring (bicyclic) bond motifs is 1. The van der Waals surface area contributed by atoms with Crippen molar-refractivity contribution in [1.29, 1.82) is 0 Å². The first kappa shape index (κ1) is 9.78. The van der Waals surface area contributed by atoms with Gasteiger partial charge >= 0.3 is 0 Å². The number of ether oxygens (including phenoxy) is 2. The molecule has 1 saturated carbocycles. The first-order valence-electron chi connectivity index (χ1n) is 5.70. The van der Waals surface area contributed by atoms with Crippen molar-refractivity contribution in [2.24, 2.45) is 11.7 Å². The smallest absolute Gasteiger partial charge is 0.231 e. The summed E-state index contributed by atoms with van der Waals surface area (Å²) in [5, 5.41) is 3.41. The number of anilines is 1. The third-order valence-corrected chi connectivity index (χ3v) is 3.24. The number of hydrogen-bond donors (Lipinski definition) is 2. The Morgan fingerprint density at radius 3 is 2.88 bits per heavy atom. The lowest BCUT2D eigenvalue weighted by Gasteiger charge is -2.32. The van der Waals surface area contributed by atoms with Crippen molar-refractivity contribution in [3.05, 3.63) is 18.2 Å². The summed E-state index contributed by atoms with van der Waals surface area (Å²) >= 11 is 0. The number of benzene rings is 1. The molecule has 0 spiro atoms. The second-order valence-electron chi connectivity index (χ2n) is 4.55. The van der Waals surface area contributed by atoms with Crippen molar-refractivity contribution in [2.45, 2.75) is 18.9 Å². The van der Waals surface area contributed by atoms with Crippen LogP contribution in [0.3, 0.4) is 0 Å². The monoisotopic (exact) mass is 220 g/mol. The van der Waals surface area contributed by atoms with Crippen LogP contribution in [-0.2, 0) is 0 Å². The Morgan fingerprint density at radius 2 is 2.06 bits per heavy atom. The molecule has 0 amide bonds. The Balaban J connectivity index is 1.58. The lowest BCUT2D eigenvalue weighted by atomic mass is 9.81. The van der Waals surface area contributed by atoms with E-state index in [2.05, 4.69) is 5.32 Å². The molecule has 0 aromatic heterocycles. The van der Waals surface area contributed by atoms with E-state index in [0.717, 1.165) is 42.5 Å². The minimum atomic E-state index is 0.330. The van der Waals surface area contributed by atoms with Crippen LogP contribution in [0, 0.1) is 5.92 Å². The summed E-state index contributed by atoms with van der Waals surface area (Å²) in [6.07, 6.45) is 2.27. The average molecular weight is 220 g/mol. The molecule has 4 nitrogen and oxygen atoms in total. The number of nitrogens with two attached hydrogens (primary N) is 1. The third kappa shape index (κ3) is 1.80. The summed E-state index contributed by atoms with van der Waals surface area (Å²) in [6, 6.07) is 6.37. The van der Waals surface area contributed by atoms with E-state index in [4.69, 9.17) is 15.2 Å². The van der Waals surface area contributed by atoms with Gasteiger partial charge in [-0.05, 0) is 30.9 Å². The Hall–Kier alpha value is -1.42. The maximum atomic E-state index is 5.75. The molecule has 3 rings (SSSR count). The Labute approximate surface area is 94.7 Å². The van der Waals surface area contributed by atoms with Gasteiger partial charge in [-0.3, -0.25) is 0 Å². The molecule has 3 N–H and O–H groups in total. The van der Waals surface area contributed by atoms with Crippen LogP contribution >= 0.6 is 0 Å². The van der Waals surface area contributed by atoms with Crippen LogP contribution in [-0.4, -0.2) is 19.4 Å². The van der Waals surface area contributed by atoms with Crippen molar-refractivity contribution in [1.82, 2.24) is 0 Å². The fraction of sp³-hybridized carbons (Fsp3) is 0.500. The topological polar surface area (TPSA) is 56.5 Å². The highest BCUT2D eigenvalue weighted by Gasteiger charge is 2.25. The molecule has 1 heterocycles. The predicted molar refractivity (Wildman–Crippen MR) is 61.8 cm³/mol. The molecule has 4 heteroatoms. The Bertz CT molecular complexity index is 389. The van der Waals surface area contributed by atoms with Crippen molar-refractivity contribution < 1.29 is 9.47 Å². The van der Waals surface area contributed by atoms with E-state index in [9.17, 15) is 0 Å². The van der Waals surface area contributed by atoms with Gasteiger partial charge in [-0.1, -0.05) is 0 Å². The second kappa shape index (κ2) is 3.87. The maximum Gasteiger partial charge on any atom is 0.231 e. The molecule has 2 aliphatic rings. The van der Waals surface area contributed by atoms with E-state index in [0.29, 0.717) is 12.8 Å². The molecule has 1 aliphatic heterocycles. The van der Waals surface area contributed by atoms with Crippen LogP contribution in [0.4, 0.5) is 5.69 Å². The van der Waals surface area contributed by atoms with Gasteiger partial charge in [0.2, 0.25) is 6.79 Å². The highest BCUT2D eigenvalue weighted by molar-refractivity contribution is 5.55. The average Bonchev–Trinajstić information content (AvgIpc) is 2.69. The van der Waals surface area contributed by atoms with Gasteiger partial charge in [0.25, 0.3) is 0 Å². The molecule has 0 bridgehead atoms. The van der Waals surface area contributed by atoms with Crippen LogP contribution in [0.1, 0.15) is 12.8 Å². The fourth-order valence-corrected chi connectivity index (χ4v) is 2.22. The summed E-state index contributed by atoms with van der Waals surface area (Å²) < 4.78 is 10.6. The highest BCUT2D eigenvalue weighted by Crippen LogP contribution is 2.34. The zero-order valence-electron chi connectivity index (χ0n) is 9.11. The molecule has 0 atom stereocenters. The Morgan fingerprint density at radius 1 is 1.25 bits per heavy atom. The Kier molecular flexibility index (Phi) is 2.36. The molecule has 0 saturated heterocycles. The summed E-state index contributed by atoms with van der Waals surface area (Å²) in [7, 11) is 0. The molecule has 1 aromatic carbocycles. The maximum absolute atomic E-state index is 5.75. The van der Waals surface area contributed by atoms with Gasteiger partial charge in [0, 0.05) is 24.3 Å². The zero-order valence-corrected chi connectivity index (χ0v) is 9.11. The standard InChI is InChI=1S/C12H16N2O2/c13-9-3-8(4-9)6-14-10-1-2-11-12(5-10)16-7-15-11/h1-2,5,8-9,14H,3-4,6-7,13H2. The van der Waals surface area contributed by atoms with E-state index in [1.807, 2.05) is 18.2 Å². The van der Waals surface area contributed by atoms with Gasteiger partial charge in [-0.2, -0.15) is 0 Å². The van der Waals surface area contributed by atoms with Crippen LogP contribution in [0.25, 0.3) is 0 Å². The molecule has 1 fully saturated rings. The fourth-order valence-electron chi connectivity index (χ4n) is 2.22. The highest BCUT2D eigenvalue weighted by atomic mass is 16.7. The minimum Gasteiger partial charge on any atom is -0.454 e. The summed E-state index contributed by atoms with van der Waals surface area (Å²) in [6.45, 7) is 1.32. The molecule has 86 valence electrons. The normalized spacial score (nSPS) is 26.3. The molecular weight excluding hydrogens is 204 g/mol. The van der Waals surface area contributed by atoms with Gasteiger partial charge in [0.15, 0.2) is 11.5 Å². The van der Waals surface area contributed by atoms with Crippen molar-refractivity contribution >= 4 is 5.69 Å². The third-order valence-electron chi connectivity index (χ3n) is 3.24. The van der Waals surface area contributed by atoms with Gasteiger partial charge in [-0.25, -0.2) is 0 Å². The van der Waals surface area contributed by atoms with Gasteiger partial charge in [0.1, 0.15) is 0 Å². The van der Waals surface area contributed by atoms with Crippen LogP contribution in [0.2, 0.25) is 0 Å². The van der Waals surface area contributed by atoms with Crippen LogP contribution < -0.4 is 20.5 Å². The first-order chi connectivity index (χ1) is 7.81. The SMILES string of the molecule is NC1CC(CNc2ccc3c(c2)OCO3)C1. The van der Waals surface area contributed by atoms with E-state index in [1.165, 1.54) is 0 Å². The van der Waals surface area contributed by atoms with Gasteiger partial charge in [-0.15, -0.1) is 0 Å². The largest absolute Gasteiger partial charge is 0.454 e. The molecule has 0 radical (unpaired) electrons. The first-order valence-corrected chi connectivity index (χ1v) is 5.70. The second-order valence-corrected chi connectivity index (χ2v) is 4.55. The van der Waals surface area contributed by atoms with Crippen LogP contribution in [0.15, 0.2) is 18.2 Å². The number of nitrogens with one attached hydrogen (secondary N) is 1. The van der Waals surface area contributed by atoms with E-state index < -0.39 is 0 Å². The van der Waals surface area contributed by atoms with Crippen LogP contribution in [0.5, 0.6) is 11.5 Å². The van der Waals surface area contributed by atoms with E-state index in [1.54, 1.807) is 0 Å². The van der Waals surface area contributed by atoms with Crippen molar-refractivity contribution in [2.75, 3.05) is 18.7 Å². The van der Waals surface area contributed by atoms with Crippen molar-refractivity contribution in [3.8, 4) is 11.5 Å². The zero-order chi connectivity index (χ0) is 11.0. The number of rotatable bonds is 3. The van der Waals surface area contributed by atoms with Crippen molar-refractivity contribution in [3.63, 3.8) is 0 Å². The molecule has 16 heavy (non-hydrogen) atoms. The number of hydrogen-bond acceptors (Lipinski definition) is 4. The summed E-state index contributed by atoms with van der Waals surface area (Å²) in [5.41, 5.74) is 6.84. The molecule has 1 aromatic rings. The van der Waals surface area contributed by atoms with Gasteiger partial charge in [0.05, 0.1) is 0 Å². The predicted octanol–water partition coefficient (Wildman–Crippen LogP) is 1.56. The van der Waals surface area contributed by atoms with E-state index in [-0.39, 0.29) is 0 Å². The molecular formula is C12H16N2O2. The summed E-state index contributed by atoms with van der Waals surface area (Å²) in [5.74, 6) is 2.38. The quantitative estimate of drug-likeness (QED) is 0.811. The molecule has 0 unspecified atom stereocenters. The lowest BCUT2D eigenvalue weighted by Crippen LogP contribution is -2.39. The molecule has 1 aliphatic carbocycles. The summed E-state index contributed by atoms with van der Waals surface area (Å²) in [4.78, 5) is 0. The lowest BCUT2D eigenvalue weighted by molar-refractivity contribution is 0.174.